The Balaban J connectivity index is 0.00000242. The third-order valence-corrected chi connectivity index (χ3v) is 4.03. The van der Waals surface area contributed by atoms with Crippen molar-refractivity contribution in [1.82, 2.24) is 4.90 Å². The predicted molar refractivity (Wildman–Crippen MR) is 87.4 cm³/mol. The van der Waals surface area contributed by atoms with Crippen LogP contribution < -0.4 is 5.73 Å². The number of likely N-dealkylation sites (tertiary alicyclic amines) is 1. The van der Waals surface area contributed by atoms with Crippen molar-refractivity contribution in [2.24, 2.45) is 11.7 Å². The number of piperidine rings is 1. The lowest BCUT2D eigenvalue weighted by Gasteiger charge is -2.32. The average Bonchev–Trinajstić information content (AvgIpc) is 2.47. The molecule has 0 bridgehead atoms. The van der Waals surface area contributed by atoms with Gasteiger partial charge in [0.25, 0.3) is 11.6 Å². The van der Waals surface area contributed by atoms with Gasteiger partial charge in [-0.05, 0) is 44.7 Å². The molecule has 122 valence electrons. The summed E-state index contributed by atoms with van der Waals surface area (Å²) in [6, 6.07) is 4.67. The van der Waals surface area contributed by atoms with Crippen LogP contribution in [0.15, 0.2) is 18.2 Å². The summed E-state index contributed by atoms with van der Waals surface area (Å²) >= 11 is 0. The SMILES string of the molecule is Cc1ccc(C(=O)N2CCCC(CCN)C2)cc1[N+](=O)[O-].Cl. The number of hydrogen-bond donors (Lipinski definition) is 1. The van der Waals surface area contributed by atoms with E-state index in [1.165, 1.54) is 6.07 Å². The van der Waals surface area contributed by atoms with E-state index in [1.807, 2.05) is 0 Å². The third-order valence-electron chi connectivity index (χ3n) is 4.03. The van der Waals surface area contributed by atoms with Crippen LogP contribution in [0, 0.1) is 23.0 Å². The van der Waals surface area contributed by atoms with Crippen molar-refractivity contribution in [3.05, 3.63) is 39.4 Å². The van der Waals surface area contributed by atoms with Crippen LogP contribution in [-0.4, -0.2) is 35.4 Å². The van der Waals surface area contributed by atoms with E-state index in [0.717, 1.165) is 19.3 Å². The highest BCUT2D eigenvalue weighted by atomic mass is 35.5. The Hall–Kier alpha value is -1.66. The summed E-state index contributed by atoms with van der Waals surface area (Å²) in [4.78, 5) is 24.8. The molecule has 1 aromatic rings. The first-order valence-corrected chi connectivity index (χ1v) is 7.27. The van der Waals surface area contributed by atoms with Gasteiger partial charge < -0.3 is 10.6 Å². The predicted octanol–water partition coefficient (Wildman–Crippen LogP) is 2.53. The fraction of sp³-hybridized carbons (Fsp3) is 0.533. The Morgan fingerprint density at radius 3 is 2.86 bits per heavy atom. The number of aryl methyl sites for hydroxylation is 1. The van der Waals surface area contributed by atoms with Gasteiger partial charge in [0.2, 0.25) is 0 Å². The number of nitrogens with two attached hydrogens (primary N) is 1. The average molecular weight is 328 g/mol. The molecule has 1 unspecified atom stereocenters. The Bertz CT molecular complexity index is 549. The van der Waals surface area contributed by atoms with Crippen LogP contribution in [0.5, 0.6) is 0 Å². The maximum atomic E-state index is 12.5. The number of nitrogens with zero attached hydrogens (tertiary/aromatic N) is 2. The number of hydrogen-bond acceptors (Lipinski definition) is 4. The van der Waals surface area contributed by atoms with Crippen LogP contribution in [0.3, 0.4) is 0 Å². The molecule has 0 aromatic heterocycles. The number of halogens is 1. The zero-order valence-corrected chi connectivity index (χ0v) is 13.5. The van der Waals surface area contributed by atoms with Crippen molar-refractivity contribution in [1.29, 1.82) is 0 Å². The minimum absolute atomic E-state index is 0. The van der Waals surface area contributed by atoms with Crippen molar-refractivity contribution < 1.29 is 9.72 Å². The summed E-state index contributed by atoms with van der Waals surface area (Å²) in [5.74, 6) is 0.313. The normalized spacial score (nSPS) is 17.7. The zero-order chi connectivity index (χ0) is 15.4. The molecule has 1 aromatic carbocycles. The fourth-order valence-electron chi connectivity index (χ4n) is 2.84. The highest BCUT2D eigenvalue weighted by Crippen LogP contribution is 2.24. The summed E-state index contributed by atoms with van der Waals surface area (Å²) in [7, 11) is 0. The van der Waals surface area contributed by atoms with E-state index in [1.54, 1.807) is 24.0 Å². The van der Waals surface area contributed by atoms with Crippen LogP contribution in [0.25, 0.3) is 0 Å². The number of carbonyl (C=O) groups is 1. The summed E-state index contributed by atoms with van der Waals surface area (Å²) < 4.78 is 0. The number of amides is 1. The summed E-state index contributed by atoms with van der Waals surface area (Å²) in [6.07, 6.45) is 2.97. The van der Waals surface area contributed by atoms with Gasteiger partial charge in [-0.15, -0.1) is 12.4 Å². The third kappa shape index (κ3) is 4.18. The highest BCUT2D eigenvalue weighted by Gasteiger charge is 2.25. The van der Waals surface area contributed by atoms with E-state index in [2.05, 4.69) is 0 Å². The standard InChI is InChI=1S/C15H21N3O3.ClH/c1-11-4-5-13(9-14(11)18(20)21)15(19)17-8-2-3-12(10-17)6-7-16;/h4-5,9,12H,2-3,6-8,10,16H2,1H3;1H. The molecule has 0 aliphatic carbocycles. The summed E-state index contributed by atoms with van der Waals surface area (Å²) in [5.41, 5.74) is 6.54. The van der Waals surface area contributed by atoms with E-state index in [-0.39, 0.29) is 24.0 Å². The topological polar surface area (TPSA) is 89.5 Å². The second-order valence-corrected chi connectivity index (χ2v) is 5.60. The molecule has 22 heavy (non-hydrogen) atoms. The van der Waals surface area contributed by atoms with Gasteiger partial charge in [0.15, 0.2) is 0 Å². The smallest absolute Gasteiger partial charge is 0.273 e. The van der Waals surface area contributed by atoms with E-state index < -0.39 is 4.92 Å². The zero-order valence-electron chi connectivity index (χ0n) is 12.7. The van der Waals surface area contributed by atoms with Crippen LogP contribution in [-0.2, 0) is 0 Å². The van der Waals surface area contributed by atoms with E-state index in [0.29, 0.717) is 36.7 Å². The molecule has 1 aliphatic rings. The lowest BCUT2D eigenvalue weighted by Crippen LogP contribution is -2.40. The van der Waals surface area contributed by atoms with Crippen LogP contribution in [0.2, 0.25) is 0 Å². The van der Waals surface area contributed by atoms with Gasteiger partial charge in [-0.2, -0.15) is 0 Å². The first kappa shape index (κ1) is 18.4. The molecule has 1 saturated heterocycles. The van der Waals surface area contributed by atoms with Gasteiger partial charge in [0.1, 0.15) is 0 Å². The molecule has 1 amide bonds. The minimum Gasteiger partial charge on any atom is -0.338 e. The van der Waals surface area contributed by atoms with Crippen LogP contribution in [0.1, 0.15) is 35.2 Å². The molecule has 6 nitrogen and oxygen atoms in total. The van der Waals surface area contributed by atoms with Crippen molar-refractivity contribution >= 4 is 24.0 Å². The molecule has 0 radical (unpaired) electrons. The second kappa shape index (κ2) is 8.10. The lowest BCUT2D eigenvalue weighted by molar-refractivity contribution is -0.385. The summed E-state index contributed by atoms with van der Waals surface area (Å²) in [6.45, 7) is 3.70. The molecular formula is C15H22ClN3O3. The van der Waals surface area contributed by atoms with Gasteiger partial charge in [-0.1, -0.05) is 6.07 Å². The number of carbonyl (C=O) groups excluding carboxylic acids is 1. The Morgan fingerprint density at radius 2 is 2.23 bits per heavy atom. The van der Waals surface area contributed by atoms with Gasteiger partial charge in [0.05, 0.1) is 4.92 Å². The van der Waals surface area contributed by atoms with E-state index >= 15 is 0 Å². The lowest BCUT2D eigenvalue weighted by atomic mass is 9.94. The Morgan fingerprint density at radius 1 is 1.50 bits per heavy atom. The first-order valence-electron chi connectivity index (χ1n) is 7.27. The van der Waals surface area contributed by atoms with Crippen molar-refractivity contribution in [3.8, 4) is 0 Å². The summed E-state index contributed by atoms with van der Waals surface area (Å²) in [5, 5.41) is 11.0. The van der Waals surface area contributed by atoms with Crippen molar-refractivity contribution in [2.75, 3.05) is 19.6 Å². The maximum Gasteiger partial charge on any atom is 0.273 e. The van der Waals surface area contributed by atoms with E-state index in [9.17, 15) is 14.9 Å². The molecule has 0 saturated carbocycles. The van der Waals surface area contributed by atoms with Crippen molar-refractivity contribution in [3.63, 3.8) is 0 Å². The Kier molecular flexibility index (Phi) is 6.77. The van der Waals surface area contributed by atoms with Crippen LogP contribution in [0.4, 0.5) is 5.69 Å². The number of rotatable bonds is 4. The number of nitro benzene ring substituents is 1. The van der Waals surface area contributed by atoms with Gasteiger partial charge in [-0.3, -0.25) is 14.9 Å². The van der Waals surface area contributed by atoms with Gasteiger partial charge >= 0.3 is 0 Å². The molecular weight excluding hydrogens is 306 g/mol. The van der Waals surface area contributed by atoms with Gasteiger partial charge in [-0.25, -0.2) is 0 Å². The van der Waals surface area contributed by atoms with E-state index in [4.69, 9.17) is 5.73 Å². The van der Waals surface area contributed by atoms with Gasteiger partial charge in [0, 0.05) is 30.3 Å². The van der Waals surface area contributed by atoms with Crippen LogP contribution >= 0.6 is 12.4 Å². The number of benzene rings is 1. The first-order chi connectivity index (χ1) is 10.0. The molecule has 1 aliphatic heterocycles. The monoisotopic (exact) mass is 327 g/mol. The minimum atomic E-state index is -0.445. The van der Waals surface area contributed by atoms with Crippen molar-refractivity contribution in [2.45, 2.75) is 26.2 Å². The molecule has 1 heterocycles. The fourth-order valence-corrected chi connectivity index (χ4v) is 2.84. The quantitative estimate of drug-likeness (QED) is 0.679. The largest absolute Gasteiger partial charge is 0.338 e. The molecule has 2 N–H and O–H groups in total. The molecule has 0 spiro atoms. The Labute approximate surface area is 136 Å². The number of nitro groups is 1. The highest BCUT2D eigenvalue weighted by molar-refractivity contribution is 5.95. The molecule has 1 atom stereocenters. The molecule has 2 rings (SSSR count). The second-order valence-electron chi connectivity index (χ2n) is 5.60. The molecule has 1 fully saturated rings. The molecule has 7 heteroatoms. The maximum absolute atomic E-state index is 12.5.